The second-order valence-corrected chi connectivity index (χ2v) is 0. The van der Waals surface area contributed by atoms with E-state index < -0.39 is 0 Å². The van der Waals surface area contributed by atoms with E-state index in [9.17, 15) is 0 Å². The zero-order valence-corrected chi connectivity index (χ0v) is 6.36. The Bertz CT molecular complexity index is 12.9. The Balaban J connectivity index is 0. The molecule has 0 aliphatic carbocycles. The summed E-state index contributed by atoms with van der Waals surface area (Å²) in [6.07, 6.45) is 0. The summed E-state index contributed by atoms with van der Waals surface area (Å²) in [5, 5.41) is 0. The fourth-order valence-corrected chi connectivity index (χ4v) is 0. The first-order valence-electron chi connectivity index (χ1n) is 0. The van der Waals surface area contributed by atoms with Crippen molar-refractivity contribution in [2.24, 2.45) is 0 Å². The summed E-state index contributed by atoms with van der Waals surface area (Å²) in [7, 11) is 0. The Kier molecular flexibility index (Phi) is 144. The number of halogens is 2. The van der Waals surface area contributed by atoms with Crippen molar-refractivity contribution < 1.29 is 23.1 Å². The van der Waals surface area contributed by atoms with Gasteiger partial charge in [0.15, 0.2) is 0 Å². The normalized spacial score (nSPS) is 0. The molecule has 0 aromatic rings. The van der Waals surface area contributed by atoms with E-state index in [0.717, 1.165) is 0 Å². The van der Waals surface area contributed by atoms with Crippen LogP contribution in [0.5, 0.6) is 0 Å². The van der Waals surface area contributed by atoms with Gasteiger partial charge in [-0.1, -0.05) is 0 Å². The molecule has 4 heteroatoms. The third-order valence-corrected chi connectivity index (χ3v) is 0. The molecule has 0 heterocycles. The fourth-order valence-electron chi connectivity index (χ4n) is 0. The predicted octanol–water partition coefficient (Wildman–Crippen LogP) is -2.20. The van der Waals surface area contributed by atoms with Crippen LogP contribution in [0.15, 0.2) is 0 Å². The molecule has 0 nitrogen and oxygen atoms in total. The van der Waals surface area contributed by atoms with Crippen molar-refractivity contribution in [3.05, 3.63) is 0 Å². The molecule has 22 valence electrons. The predicted molar refractivity (Wildman–Crippen MR) is 23.6 cm³/mol. The van der Waals surface area contributed by atoms with E-state index in [-0.39, 0.29) is 85.7 Å². The van der Waals surface area contributed by atoms with Crippen molar-refractivity contribution >= 4 is 62.6 Å². The summed E-state index contributed by atoms with van der Waals surface area (Å²) in [5.41, 5.74) is 0. The fraction of sp³-hybridized carbons (Fsp3) is 0. The molecule has 0 fully saturated rings. The van der Waals surface area contributed by atoms with Gasteiger partial charge < -0.3 is 4.28 Å². The number of rotatable bonds is 0. The summed E-state index contributed by atoms with van der Waals surface area (Å²) < 4.78 is 0. The van der Waals surface area contributed by atoms with E-state index in [1.165, 1.54) is 0 Å². The quantitative estimate of drug-likeness (QED) is 0.321. The first kappa shape index (κ1) is 32.0. The van der Waals surface area contributed by atoms with E-state index in [0.29, 0.717) is 0 Å². The van der Waals surface area contributed by atoms with Gasteiger partial charge in [-0.15, -0.1) is 24.8 Å². The zero-order valence-electron chi connectivity index (χ0n) is 5.52. The third-order valence-electron chi connectivity index (χ3n) is 0. The van der Waals surface area contributed by atoms with Crippen LogP contribution in [0.25, 0.3) is 0 Å². The maximum Gasteiger partial charge on any atom is 2.00 e. The van der Waals surface area contributed by atoms with Crippen LogP contribution in [0.3, 0.4) is 0 Å². The summed E-state index contributed by atoms with van der Waals surface area (Å²) in [5.74, 6) is 0. The summed E-state index contributed by atoms with van der Waals surface area (Å²) in [6, 6.07) is 0. The second-order valence-electron chi connectivity index (χ2n) is 0. The maximum absolute atomic E-state index is 0. The minimum Gasteiger partial charge on any atom is -1.00 e. The van der Waals surface area contributed by atoms with Gasteiger partial charge in [0.25, 0.3) is 0 Å². The average Bonchev–Trinajstić information content (AvgIpc) is 0. The molecule has 0 saturated carbocycles. The third kappa shape index (κ3) is 8.83. The molecular weight excluding hydrogens is 118 g/mol. The van der Waals surface area contributed by atoms with Crippen molar-refractivity contribution in [2.45, 2.75) is 0 Å². The molecule has 0 radical (unpaired) electrons. The smallest absolute Gasteiger partial charge is 1.00 e. The molecule has 0 rings (SSSR count). The van der Waals surface area contributed by atoms with E-state index in [1.54, 1.807) is 0 Å². The van der Waals surface area contributed by atoms with Crippen molar-refractivity contribution in [3.8, 4) is 0 Å². The summed E-state index contributed by atoms with van der Waals surface area (Å²) in [6.45, 7) is 0. The van der Waals surface area contributed by atoms with E-state index >= 15 is 0 Å². The van der Waals surface area contributed by atoms with Gasteiger partial charge in [-0.05, 0) is 0 Å². The second kappa shape index (κ2) is 18.0. The molecule has 0 spiro atoms. The van der Waals surface area contributed by atoms with E-state index in [4.69, 9.17) is 0 Å². The molecule has 0 saturated heterocycles. The topological polar surface area (TPSA) is 0 Å². The molecule has 0 aromatic heterocycles. The van der Waals surface area contributed by atoms with Crippen LogP contribution in [-0.2, 0) is 0 Å². The van der Waals surface area contributed by atoms with Gasteiger partial charge in [0.2, 0.25) is 0 Å². The van der Waals surface area contributed by atoms with Gasteiger partial charge in [-0.25, -0.2) is 0 Å². The molecule has 0 aliphatic heterocycles. The first-order valence-corrected chi connectivity index (χ1v) is 0. The Morgan fingerprint density at radius 1 is 1.00 bits per heavy atom. The van der Waals surface area contributed by atoms with Gasteiger partial charge in [0.05, 0.1) is 0 Å². The summed E-state index contributed by atoms with van der Waals surface area (Å²) >= 11 is 0. The molecule has 0 aromatic carbocycles. The Morgan fingerprint density at radius 3 is 1.00 bits per heavy atom. The molecule has 0 aliphatic rings. The van der Waals surface area contributed by atoms with Gasteiger partial charge in [0.1, 0.15) is 0 Å². The number of hydrogen-bond donors (Lipinski definition) is 0. The van der Waals surface area contributed by atoms with Gasteiger partial charge in [0, 0.05) is 0 Å². The SMILES string of the molecule is Cl.Cl.[Ca+2].[H-].[H-].[H-].[Li+]. The van der Waals surface area contributed by atoms with Crippen LogP contribution in [0.1, 0.15) is 4.28 Å². The van der Waals surface area contributed by atoms with Crippen molar-refractivity contribution in [1.29, 1.82) is 0 Å². The maximum atomic E-state index is 0. The number of hydrogen-bond acceptors (Lipinski definition) is 0. The molecule has 0 bridgehead atoms. The van der Waals surface area contributed by atoms with Gasteiger partial charge >= 0.3 is 56.6 Å². The van der Waals surface area contributed by atoms with E-state index in [2.05, 4.69) is 0 Å². The van der Waals surface area contributed by atoms with E-state index in [1.807, 2.05) is 0 Å². The Hall–Kier alpha value is 2.44. The van der Waals surface area contributed by atoms with Crippen molar-refractivity contribution in [1.82, 2.24) is 0 Å². The van der Waals surface area contributed by atoms with Crippen LogP contribution in [0.4, 0.5) is 0 Å². The molecule has 4 heavy (non-hydrogen) atoms. The minimum atomic E-state index is 0. The molecule has 0 atom stereocenters. The molecule has 0 unspecified atom stereocenters. The first-order chi connectivity index (χ1) is 0. The molecular formula is H5CaCl2Li. The Labute approximate surface area is 84.5 Å². The molecule has 0 N–H and O–H groups in total. The van der Waals surface area contributed by atoms with Crippen LogP contribution in [-0.4, -0.2) is 37.7 Å². The monoisotopic (exact) mass is 122 g/mol. The minimum absolute atomic E-state index is 0. The van der Waals surface area contributed by atoms with Crippen LogP contribution < -0.4 is 18.9 Å². The zero-order chi connectivity index (χ0) is 0. The standard InChI is InChI=1S/Ca.2ClH.Li.3H/h;2*1H;;;;/q+2;;;+1;3*-1. The van der Waals surface area contributed by atoms with Crippen LogP contribution in [0, 0.1) is 0 Å². The van der Waals surface area contributed by atoms with Crippen LogP contribution >= 0.6 is 24.8 Å². The largest absolute Gasteiger partial charge is 2.00 e. The van der Waals surface area contributed by atoms with Gasteiger partial charge in [-0.3, -0.25) is 0 Å². The molecule has 0 amide bonds. The van der Waals surface area contributed by atoms with Crippen molar-refractivity contribution in [2.75, 3.05) is 0 Å². The van der Waals surface area contributed by atoms with Gasteiger partial charge in [-0.2, -0.15) is 0 Å². The Morgan fingerprint density at radius 2 is 1.00 bits per heavy atom. The van der Waals surface area contributed by atoms with Crippen molar-refractivity contribution in [3.63, 3.8) is 0 Å². The summed E-state index contributed by atoms with van der Waals surface area (Å²) in [4.78, 5) is 0. The average molecular weight is 123 g/mol. The van der Waals surface area contributed by atoms with Crippen LogP contribution in [0.2, 0.25) is 0 Å².